The lowest BCUT2D eigenvalue weighted by Crippen LogP contribution is -1.95. The average Bonchev–Trinajstić information content (AvgIpc) is 2.42. The number of carbonyl (C=O) groups is 1. The number of H-pyrrole nitrogens is 1. The Kier molecular flexibility index (Phi) is 2.16. The second-order valence-corrected chi connectivity index (χ2v) is 4.55. The number of hydrogen-bond donors (Lipinski definition) is 2. The molecule has 0 amide bonds. The van der Waals surface area contributed by atoms with Gasteiger partial charge < -0.3 is 10.1 Å². The Morgan fingerprint density at radius 1 is 1.50 bits per heavy atom. The maximum Gasteiger partial charge on any atom is 0.337 e. The van der Waals surface area contributed by atoms with Gasteiger partial charge in [-0.3, -0.25) is 4.79 Å². The van der Waals surface area contributed by atoms with E-state index in [2.05, 4.69) is 20.9 Å². The highest BCUT2D eigenvalue weighted by atomic mass is 79.9. The molecular weight excluding hydrogens is 270 g/mol. The first-order valence-corrected chi connectivity index (χ1v) is 5.24. The van der Waals surface area contributed by atoms with Gasteiger partial charge in [0, 0.05) is 4.47 Å². The molecule has 0 saturated heterocycles. The minimum Gasteiger partial charge on any atom is -0.478 e. The standard InChI is InChI=1S/C8H4BrNO3S/c9-3-1-4(7(11)12)6-5(2-3)10-8(13)14-6/h1-2H,(H,10,13)(H,11,12). The molecule has 0 saturated carbocycles. The molecule has 1 heterocycles. The smallest absolute Gasteiger partial charge is 0.337 e. The molecule has 0 spiro atoms. The summed E-state index contributed by atoms with van der Waals surface area (Å²) < 4.78 is 1.11. The summed E-state index contributed by atoms with van der Waals surface area (Å²) >= 11 is 4.08. The number of halogens is 1. The van der Waals surface area contributed by atoms with Crippen LogP contribution in [0.25, 0.3) is 10.2 Å². The highest BCUT2D eigenvalue weighted by Gasteiger charge is 2.12. The van der Waals surface area contributed by atoms with Gasteiger partial charge in [0.25, 0.3) is 0 Å². The van der Waals surface area contributed by atoms with Crippen molar-refractivity contribution >= 4 is 43.5 Å². The Balaban J connectivity index is 2.92. The summed E-state index contributed by atoms with van der Waals surface area (Å²) in [4.78, 5) is 24.2. The largest absolute Gasteiger partial charge is 0.478 e. The molecule has 2 N–H and O–H groups in total. The lowest BCUT2D eigenvalue weighted by atomic mass is 10.2. The highest BCUT2D eigenvalue weighted by molar-refractivity contribution is 9.10. The fraction of sp³-hybridized carbons (Fsp3) is 0. The molecule has 14 heavy (non-hydrogen) atoms. The number of aromatic amines is 1. The number of hydrogen-bond acceptors (Lipinski definition) is 3. The predicted octanol–water partition coefficient (Wildman–Crippen LogP) is 2.05. The van der Waals surface area contributed by atoms with Crippen LogP contribution >= 0.6 is 27.3 Å². The summed E-state index contributed by atoms with van der Waals surface area (Å²) in [7, 11) is 0. The van der Waals surface area contributed by atoms with Crippen LogP contribution in [-0.2, 0) is 0 Å². The van der Waals surface area contributed by atoms with Crippen LogP contribution in [0.2, 0.25) is 0 Å². The Labute approximate surface area is 90.3 Å². The molecule has 6 heteroatoms. The zero-order chi connectivity index (χ0) is 10.3. The topological polar surface area (TPSA) is 70.2 Å². The van der Waals surface area contributed by atoms with Crippen LogP contribution in [0, 0.1) is 0 Å². The molecule has 0 bridgehead atoms. The zero-order valence-corrected chi connectivity index (χ0v) is 9.11. The van der Waals surface area contributed by atoms with Gasteiger partial charge in [0.2, 0.25) is 0 Å². The van der Waals surface area contributed by atoms with E-state index < -0.39 is 5.97 Å². The SMILES string of the molecule is O=C(O)c1cc(Br)cc2[nH]c(=O)sc12. The molecule has 1 aromatic carbocycles. The quantitative estimate of drug-likeness (QED) is 0.836. The fourth-order valence-electron chi connectivity index (χ4n) is 1.18. The molecule has 2 rings (SSSR count). The van der Waals surface area contributed by atoms with Crippen LogP contribution in [0.4, 0.5) is 0 Å². The Morgan fingerprint density at radius 2 is 2.21 bits per heavy atom. The lowest BCUT2D eigenvalue weighted by Gasteiger charge is -1.97. The molecule has 0 unspecified atom stereocenters. The van der Waals surface area contributed by atoms with Crippen molar-refractivity contribution < 1.29 is 9.90 Å². The van der Waals surface area contributed by atoms with Gasteiger partial charge in [-0.2, -0.15) is 0 Å². The van der Waals surface area contributed by atoms with Crippen LogP contribution in [0.3, 0.4) is 0 Å². The van der Waals surface area contributed by atoms with E-state index in [4.69, 9.17) is 5.11 Å². The van der Waals surface area contributed by atoms with Gasteiger partial charge in [0.15, 0.2) is 0 Å². The molecule has 0 atom stereocenters. The third-order valence-corrected chi connectivity index (χ3v) is 3.10. The zero-order valence-electron chi connectivity index (χ0n) is 6.70. The van der Waals surface area contributed by atoms with Gasteiger partial charge >= 0.3 is 10.8 Å². The van der Waals surface area contributed by atoms with Crippen molar-refractivity contribution in [2.75, 3.05) is 0 Å². The number of nitrogens with one attached hydrogen (secondary N) is 1. The summed E-state index contributed by atoms with van der Waals surface area (Å²) in [6.07, 6.45) is 0. The molecule has 1 aromatic heterocycles. The lowest BCUT2D eigenvalue weighted by molar-refractivity contribution is 0.0699. The number of carboxylic acid groups (broad SMARTS) is 1. The van der Waals surface area contributed by atoms with Crippen LogP contribution in [0.1, 0.15) is 10.4 Å². The molecule has 0 fully saturated rings. The maximum atomic E-state index is 11.0. The van der Waals surface area contributed by atoms with Crippen LogP contribution in [0.15, 0.2) is 21.4 Å². The normalized spacial score (nSPS) is 10.6. The van der Waals surface area contributed by atoms with E-state index in [1.54, 1.807) is 6.07 Å². The van der Waals surface area contributed by atoms with Crippen molar-refractivity contribution in [2.24, 2.45) is 0 Å². The van der Waals surface area contributed by atoms with Crippen molar-refractivity contribution in [1.82, 2.24) is 4.98 Å². The second-order valence-electron chi connectivity index (χ2n) is 2.65. The number of carboxylic acids is 1. The first-order valence-electron chi connectivity index (χ1n) is 3.63. The number of thiazole rings is 1. The van der Waals surface area contributed by atoms with E-state index in [0.29, 0.717) is 14.7 Å². The van der Waals surface area contributed by atoms with E-state index in [1.807, 2.05) is 0 Å². The minimum atomic E-state index is -1.04. The van der Waals surface area contributed by atoms with Gasteiger partial charge in [0.1, 0.15) is 0 Å². The van der Waals surface area contributed by atoms with Crippen LogP contribution < -0.4 is 4.87 Å². The summed E-state index contributed by atoms with van der Waals surface area (Å²) in [5.41, 5.74) is 0.685. The van der Waals surface area contributed by atoms with E-state index in [9.17, 15) is 9.59 Å². The summed E-state index contributed by atoms with van der Waals surface area (Å²) in [6.45, 7) is 0. The second kappa shape index (κ2) is 3.21. The van der Waals surface area contributed by atoms with E-state index in [1.165, 1.54) is 6.07 Å². The van der Waals surface area contributed by atoms with Crippen molar-refractivity contribution in [2.45, 2.75) is 0 Å². The van der Waals surface area contributed by atoms with Gasteiger partial charge in [-0.05, 0) is 12.1 Å². The fourth-order valence-corrected chi connectivity index (χ4v) is 2.46. The van der Waals surface area contributed by atoms with Crippen molar-refractivity contribution in [3.63, 3.8) is 0 Å². The Hall–Kier alpha value is -1.14. The summed E-state index contributed by atoms with van der Waals surface area (Å²) in [5.74, 6) is -1.04. The number of aromatic nitrogens is 1. The molecule has 2 aromatic rings. The van der Waals surface area contributed by atoms with E-state index in [0.717, 1.165) is 11.3 Å². The van der Waals surface area contributed by atoms with Gasteiger partial charge in [-0.1, -0.05) is 27.3 Å². The molecule has 72 valence electrons. The predicted molar refractivity (Wildman–Crippen MR) is 57.1 cm³/mol. The molecule has 0 aliphatic heterocycles. The Morgan fingerprint density at radius 3 is 2.86 bits per heavy atom. The van der Waals surface area contributed by atoms with Crippen molar-refractivity contribution in [1.29, 1.82) is 0 Å². The summed E-state index contributed by atoms with van der Waals surface area (Å²) in [6, 6.07) is 3.16. The number of rotatable bonds is 1. The van der Waals surface area contributed by atoms with Crippen molar-refractivity contribution in [3.05, 3.63) is 31.8 Å². The highest BCUT2D eigenvalue weighted by Crippen LogP contribution is 2.24. The molecule has 0 radical (unpaired) electrons. The van der Waals surface area contributed by atoms with Gasteiger partial charge in [-0.15, -0.1) is 0 Å². The third-order valence-electron chi connectivity index (χ3n) is 1.72. The first-order chi connectivity index (χ1) is 6.58. The summed E-state index contributed by atoms with van der Waals surface area (Å²) in [5, 5.41) is 8.89. The maximum absolute atomic E-state index is 11.0. The van der Waals surface area contributed by atoms with Gasteiger partial charge in [0.05, 0.1) is 15.8 Å². The average molecular weight is 274 g/mol. The first kappa shape index (κ1) is 9.42. The monoisotopic (exact) mass is 273 g/mol. The van der Waals surface area contributed by atoms with Crippen molar-refractivity contribution in [3.8, 4) is 0 Å². The van der Waals surface area contributed by atoms with E-state index >= 15 is 0 Å². The number of aromatic carboxylic acids is 1. The molecule has 0 aliphatic carbocycles. The Bertz CT molecular complexity index is 571. The molecule has 4 nitrogen and oxygen atoms in total. The molecule has 0 aliphatic rings. The number of benzene rings is 1. The van der Waals surface area contributed by atoms with Gasteiger partial charge in [-0.25, -0.2) is 4.79 Å². The van der Waals surface area contributed by atoms with Crippen LogP contribution in [-0.4, -0.2) is 16.1 Å². The van der Waals surface area contributed by atoms with Crippen LogP contribution in [0.5, 0.6) is 0 Å². The molecular formula is C8H4BrNO3S. The third kappa shape index (κ3) is 1.46. The van der Waals surface area contributed by atoms with E-state index in [-0.39, 0.29) is 10.4 Å². The minimum absolute atomic E-state index is 0.137. The number of fused-ring (bicyclic) bond motifs is 1.